The molecule has 1 nitrogen and oxygen atoms in total. The van der Waals surface area contributed by atoms with Gasteiger partial charge in [-0.2, -0.15) is 0 Å². The van der Waals surface area contributed by atoms with E-state index < -0.39 is 0 Å². The average Bonchev–Trinajstić information content (AvgIpc) is 3.31. The van der Waals surface area contributed by atoms with Crippen molar-refractivity contribution in [1.82, 2.24) is 5.32 Å². The standard InChI is InChI=1S/C18H19ClFN/c1-12(16-4-2-3-5-17(16)19)21-18(13-6-7-13)14-8-10-15(20)11-9-14/h2-5,8-13,18,21H,6-7H2,1H3. The molecule has 0 heterocycles. The van der Waals surface area contributed by atoms with Crippen molar-refractivity contribution in [3.63, 3.8) is 0 Å². The second kappa shape index (κ2) is 6.17. The van der Waals surface area contributed by atoms with E-state index in [4.69, 9.17) is 11.6 Å². The van der Waals surface area contributed by atoms with E-state index in [2.05, 4.69) is 18.3 Å². The molecule has 0 aliphatic heterocycles. The predicted molar refractivity (Wildman–Crippen MR) is 84.9 cm³/mol. The van der Waals surface area contributed by atoms with Crippen molar-refractivity contribution in [2.75, 3.05) is 0 Å². The maximum atomic E-state index is 13.1. The monoisotopic (exact) mass is 303 g/mol. The minimum absolute atomic E-state index is 0.161. The van der Waals surface area contributed by atoms with Crippen molar-refractivity contribution < 1.29 is 4.39 Å². The summed E-state index contributed by atoms with van der Waals surface area (Å²) in [4.78, 5) is 0. The fourth-order valence-corrected chi connectivity index (χ4v) is 3.09. The van der Waals surface area contributed by atoms with Crippen LogP contribution in [0.1, 0.15) is 43.0 Å². The van der Waals surface area contributed by atoms with E-state index in [1.807, 2.05) is 30.3 Å². The van der Waals surface area contributed by atoms with E-state index in [0.717, 1.165) is 16.1 Å². The minimum Gasteiger partial charge on any atom is -0.303 e. The number of nitrogens with one attached hydrogen (secondary N) is 1. The van der Waals surface area contributed by atoms with Crippen LogP contribution < -0.4 is 5.32 Å². The van der Waals surface area contributed by atoms with E-state index in [1.54, 1.807) is 0 Å². The summed E-state index contributed by atoms with van der Waals surface area (Å²) in [5, 5.41) is 4.45. The summed E-state index contributed by atoms with van der Waals surface area (Å²) < 4.78 is 13.1. The van der Waals surface area contributed by atoms with Gasteiger partial charge >= 0.3 is 0 Å². The molecule has 1 saturated carbocycles. The third-order valence-electron chi connectivity index (χ3n) is 4.12. The number of hydrogen-bond donors (Lipinski definition) is 1. The molecule has 2 unspecified atom stereocenters. The summed E-state index contributed by atoms with van der Waals surface area (Å²) in [7, 11) is 0. The van der Waals surface area contributed by atoms with Gasteiger partial charge in [0.05, 0.1) is 0 Å². The van der Waals surface area contributed by atoms with Crippen molar-refractivity contribution in [3.05, 3.63) is 70.5 Å². The maximum Gasteiger partial charge on any atom is 0.123 e. The van der Waals surface area contributed by atoms with Crippen LogP contribution in [0.5, 0.6) is 0 Å². The van der Waals surface area contributed by atoms with Crippen LogP contribution in [0.3, 0.4) is 0 Å². The first-order chi connectivity index (χ1) is 10.1. The molecule has 2 aromatic carbocycles. The fourth-order valence-electron chi connectivity index (χ4n) is 2.79. The quantitative estimate of drug-likeness (QED) is 0.792. The average molecular weight is 304 g/mol. The zero-order chi connectivity index (χ0) is 14.8. The first-order valence-corrected chi connectivity index (χ1v) is 7.79. The Morgan fingerprint density at radius 1 is 1.10 bits per heavy atom. The molecule has 1 aliphatic carbocycles. The molecule has 0 spiro atoms. The highest BCUT2D eigenvalue weighted by Gasteiger charge is 2.33. The molecule has 1 fully saturated rings. The third kappa shape index (κ3) is 3.45. The van der Waals surface area contributed by atoms with Crippen LogP contribution in [0.25, 0.3) is 0 Å². The predicted octanol–water partition coefficient (Wildman–Crippen LogP) is 5.28. The van der Waals surface area contributed by atoms with Gasteiger partial charge in [0, 0.05) is 17.1 Å². The molecule has 1 aliphatic rings. The molecule has 21 heavy (non-hydrogen) atoms. The van der Waals surface area contributed by atoms with Gasteiger partial charge in [-0.15, -0.1) is 0 Å². The Labute approximate surface area is 130 Å². The normalized spacial score (nSPS) is 17.5. The van der Waals surface area contributed by atoms with Crippen LogP contribution in [-0.2, 0) is 0 Å². The second-order valence-corrected chi connectivity index (χ2v) is 6.18. The number of hydrogen-bond acceptors (Lipinski definition) is 1. The van der Waals surface area contributed by atoms with Gasteiger partial charge in [-0.05, 0) is 55.0 Å². The Kier molecular flexibility index (Phi) is 4.27. The van der Waals surface area contributed by atoms with E-state index in [0.29, 0.717) is 5.92 Å². The van der Waals surface area contributed by atoms with Gasteiger partial charge in [0.15, 0.2) is 0 Å². The number of halogens is 2. The van der Waals surface area contributed by atoms with Gasteiger partial charge in [0.2, 0.25) is 0 Å². The Balaban J connectivity index is 1.79. The van der Waals surface area contributed by atoms with Crippen LogP contribution in [0.2, 0.25) is 5.02 Å². The second-order valence-electron chi connectivity index (χ2n) is 5.78. The van der Waals surface area contributed by atoms with Gasteiger partial charge in [0.1, 0.15) is 5.82 Å². The third-order valence-corrected chi connectivity index (χ3v) is 4.47. The van der Waals surface area contributed by atoms with Gasteiger partial charge < -0.3 is 5.32 Å². The fraction of sp³-hybridized carbons (Fsp3) is 0.333. The summed E-state index contributed by atoms with van der Waals surface area (Å²) in [6, 6.07) is 15.2. The van der Waals surface area contributed by atoms with E-state index in [1.165, 1.54) is 25.0 Å². The zero-order valence-corrected chi connectivity index (χ0v) is 12.8. The molecule has 0 aromatic heterocycles. The Hall–Kier alpha value is -1.38. The topological polar surface area (TPSA) is 12.0 Å². The molecular formula is C18H19ClFN. The molecule has 0 radical (unpaired) electrons. The summed E-state index contributed by atoms with van der Waals surface area (Å²) in [5.74, 6) is 0.452. The largest absolute Gasteiger partial charge is 0.303 e. The lowest BCUT2D eigenvalue weighted by atomic mass is 9.99. The van der Waals surface area contributed by atoms with Gasteiger partial charge in [-0.1, -0.05) is 41.9 Å². The van der Waals surface area contributed by atoms with Crippen LogP contribution >= 0.6 is 11.6 Å². The van der Waals surface area contributed by atoms with Crippen LogP contribution in [0.4, 0.5) is 4.39 Å². The highest BCUT2D eigenvalue weighted by Crippen LogP contribution is 2.42. The molecule has 2 atom stereocenters. The summed E-state index contributed by atoms with van der Waals surface area (Å²) in [5.41, 5.74) is 2.25. The van der Waals surface area contributed by atoms with Crippen molar-refractivity contribution in [3.8, 4) is 0 Å². The highest BCUT2D eigenvalue weighted by atomic mass is 35.5. The van der Waals surface area contributed by atoms with Crippen LogP contribution in [0.15, 0.2) is 48.5 Å². The number of rotatable bonds is 5. The molecular weight excluding hydrogens is 285 g/mol. The molecule has 3 rings (SSSR count). The van der Waals surface area contributed by atoms with Crippen molar-refractivity contribution >= 4 is 11.6 Å². The van der Waals surface area contributed by atoms with Crippen molar-refractivity contribution in [2.45, 2.75) is 31.8 Å². The molecule has 3 heteroatoms. The lowest BCUT2D eigenvalue weighted by Gasteiger charge is -2.24. The van der Waals surface area contributed by atoms with Crippen LogP contribution in [-0.4, -0.2) is 0 Å². The van der Waals surface area contributed by atoms with Gasteiger partial charge in [-0.3, -0.25) is 0 Å². The first-order valence-electron chi connectivity index (χ1n) is 7.41. The van der Waals surface area contributed by atoms with Crippen molar-refractivity contribution in [2.24, 2.45) is 5.92 Å². The molecule has 110 valence electrons. The Morgan fingerprint density at radius 2 is 1.76 bits per heavy atom. The van der Waals surface area contributed by atoms with Gasteiger partial charge in [-0.25, -0.2) is 4.39 Å². The lowest BCUT2D eigenvalue weighted by molar-refractivity contribution is 0.427. The summed E-state index contributed by atoms with van der Waals surface area (Å²) >= 11 is 6.27. The van der Waals surface area contributed by atoms with Crippen molar-refractivity contribution in [1.29, 1.82) is 0 Å². The SMILES string of the molecule is CC(NC(c1ccc(F)cc1)C1CC1)c1ccccc1Cl. The number of benzene rings is 2. The molecule has 0 saturated heterocycles. The summed E-state index contributed by atoms with van der Waals surface area (Å²) in [6.45, 7) is 2.13. The molecule has 0 bridgehead atoms. The first kappa shape index (κ1) is 14.6. The maximum absolute atomic E-state index is 13.1. The van der Waals surface area contributed by atoms with E-state index in [-0.39, 0.29) is 17.9 Å². The van der Waals surface area contributed by atoms with E-state index >= 15 is 0 Å². The molecule has 1 N–H and O–H groups in total. The highest BCUT2D eigenvalue weighted by molar-refractivity contribution is 6.31. The smallest absolute Gasteiger partial charge is 0.123 e. The Morgan fingerprint density at radius 3 is 2.38 bits per heavy atom. The van der Waals surface area contributed by atoms with Gasteiger partial charge in [0.25, 0.3) is 0 Å². The lowest BCUT2D eigenvalue weighted by Crippen LogP contribution is -2.26. The Bertz CT molecular complexity index is 607. The summed E-state index contributed by atoms with van der Waals surface area (Å²) in [6.07, 6.45) is 2.45. The minimum atomic E-state index is -0.188. The molecule has 0 amide bonds. The van der Waals surface area contributed by atoms with Crippen LogP contribution in [0, 0.1) is 11.7 Å². The zero-order valence-electron chi connectivity index (χ0n) is 12.0. The molecule has 2 aromatic rings. The van der Waals surface area contributed by atoms with E-state index in [9.17, 15) is 4.39 Å².